The minimum Gasteiger partial charge on any atom is -0.394 e. The first kappa shape index (κ1) is 83.2. The number of unbranched alkanes of at least 4 members (excludes halogenated alkanes) is 15. The molecule has 0 aromatic rings. The molecule has 0 radical (unpaired) electrons. The summed E-state index contributed by atoms with van der Waals surface area (Å²) in [6.45, 7) is 1.50. The second-order valence-electron chi connectivity index (χ2n) is 24.3. The molecule has 0 aromatic heterocycles. The van der Waals surface area contributed by atoms with E-state index in [1.54, 1.807) is 6.08 Å². The average Bonchev–Trinajstić information content (AvgIpc) is 0.798. The number of hydrogen-bond acceptors (Lipinski definition) is 18. The van der Waals surface area contributed by atoms with Crippen molar-refractivity contribution in [2.24, 2.45) is 0 Å². The van der Waals surface area contributed by atoms with Gasteiger partial charge < -0.3 is 89.9 Å². The zero-order valence-electron chi connectivity index (χ0n) is 55.9. The highest BCUT2D eigenvalue weighted by molar-refractivity contribution is 5.76. The van der Waals surface area contributed by atoms with E-state index in [4.69, 9.17) is 28.4 Å². The SMILES string of the molecule is CC/C=C\C/C=C\C/C=C\C/C=C\C/C=C\C/C=C\C/C=C\C/C=C\C/C=C\C/C=C\CCCCCCCCCCCCC(=O)NC(COC1OC(CO)C(OC2OC(CO)C(OC3OC(CO)C(O)C(O)C3O)C(O)C2O)C(O)C1O)C(O)/C=C/CCCCCCC. The fourth-order valence-electron chi connectivity index (χ4n) is 10.8. The molecule has 3 saturated heterocycles. The fourth-order valence-corrected chi connectivity index (χ4v) is 10.8. The highest BCUT2D eigenvalue weighted by Gasteiger charge is 2.53. The molecule has 3 heterocycles. The van der Waals surface area contributed by atoms with E-state index >= 15 is 0 Å². The topological polar surface area (TPSA) is 307 Å². The van der Waals surface area contributed by atoms with Crippen molar-refractivity contribution in [2.45, 2.75) is 298 Å². The van der Waals surface area contributed by atoms with E-state index in [-0.39, 0.29) is 18.9 Å². The highest BCUT2D eigenvalue weighted by atomic mass is 16.8. The Hall–Kier alpha value is -4.07. The number of aliphatic hydroxyl groups excluding tert-OH is 11. The van der Waals surface area contributed by atoms with Crippen LogP contribution in [0.4, 0.5) is 0 Å². The number of amides is 1. The van der Waals surface area contributed by atoms with Crippen LogP contribution >= 0.6 is 0 Å². The van der Waals surface area contributed by atoms with Gasteiger partial charge in [-0.1, -0.05) is 225 Å². The lowest BCUT2D eigenvalue weighted by Gasteiger charge is -2.48. The largest absolute Gasteiger partial charge is 0.394 e. The van der Waals surface area contributed by atoms with Crippen molar-refractivity contribution in [3.05, 3.63) is 134 Å². The van der Waals surface area contributed by atoms with Gasteiger partial charge >= 0.3 is 0 Å². The molecule has 0 aliphatic carbocycles. The van der Waals surface area contributed by atoms with Gasteiger partial charge in [-0.3, -0.25) is 4.79 Å². The van der Waals surface area contributed by atoms with E-state index in [1.807, 2.05) is 6.08 Å². The molecule has 3 aliphatic rings. The highest BCUT2D eigenvalue weighted by Crippen LogP contribution is 2.33. The van der Waals surface area contributed by atoms with Gasteiger partial charge in [-0.2, -0.15) is 0 Å². The number of allylic oxidation sites excluding steroid dienone is 21. The summed E-state index contributed by atoms with van der Waals surface area (Å²) in [5.74, 6) is -0.291. The van der Waals surface area contributed by atoms with Gasteiger partial charge in [-0.15, -0.1) is 0 Å². The van der Waals surface area contributed by atoms with Crippen molar-refractivity contribution in [1.82, 2.24) is 5.32 Å². The van der Waals surface area contributed by atoms with Crippen LogP contribution in [0.1, 0.15) is 194 Å². The molecule has 0 aromatic carbocycles. The summed E-state index contributed by atoms with van der Waals surface area (Å²) >= 11 is 0. The molecule has 17 atom stereocenters. The number of carbonyl (C=O) groups excluding carboxylic acids is 1. The zero-order chi connectivity index (χ0) is 67.5. The molecule has 12 N–H and O–H groups in total. The number of hydrogen-bond donors (Lipinski definition) is 12. The maximum absolute atomic E-state index is 13.3. The zero-order valence-corrected chi connectivity index (χ0v) is 55.9. The van der Waals surface area contributed by atoms with Gasteiger partial charge in [0.2, 0.25) is 5.91 Å². The summed E-state index contributed by atoms with van der Waals surface area (Å²) in [7, 11) is 0. The monoisotopic (exact) mass is 1310 g/mol. The van der Waals surface area contributed by atoms with Crippen LogP contribution in [-0.4, -0.2) is 193 Å². The van der Waals surface area contributed by atoms with Gasteiger partial charge in [-0.25, -0.2) is 0 Å². The van der Waals surface area contributed by atoms with Crippen LogP contribution in [0.15, 0.2) is 134 Å². The summed E-state index contributed by atoms with van der Waals surface area (Å²) in [5, 5.41) is 120. The lowest BCUT2D eigenvalue weighted by atomic mass is 9.96. The molecule has 0 bridgehead atoms. The van der Waals surface area contributed by atoms with Crippen molar-refractivity contribution in [2.75, 3.05) is 26.4 Å². The first-order chi connectivity index (χ1) is 45.3. The number of ether oxygens (including phenoxy) is 6. The van der Waals surface area contributed by atoms with E-state index in [0.717, 1.165) is 135 Å². The molecule has 530 valence electrons. The lowest BCUT2D eigenvalue weighted by Crippen LogP contribution is -2.66. The molecular weight excluding hydrogens is 1190 g/mol. The third-order valence-electron chi connectivity index (χ3n) is 16.5. The molecule has 19 nitrogen and oxygen atoms in total. The first-order valence-electron chi connectivity index (χ1n) is 34.9. The summed E-state index contributed by atoms with van der Waals surface area (Å²) in [6.07, 6.45) is 49.2. The Kier molecular flexibility index (Phi) is 48.3. The van der Waals surface area contributed by atoms with Gasteiger partial charge in [0.05, 0.1) is 38.6 Å². The summed E-state index contributed by atoms with van der Waals surface area (Å²) in [6, 6.07) is -0.981. The Labute approximate surface area is 556 Å². The minimum atomic E-state index is -1.98. The average molecular weight is 1310 g/mol. The molecule has 0 saturated carbocycles. The van der Waals surface area contributed by atoms with Crippen LogP contribution in [0.3, 0.4) is 0 Å². The van der Waals surface area contributed by atoms with Crippen LogP contribution in [0.2, 0.25) is 0 Å². The number of nitrogens with one attached hydrogen (secondary N) is 1. The van der Waals surface area contributed by atoms with Crippen molar-refractivity contribution in [3.8, 4) is 0 Å². The molecule has 17 unspecified atom stereocenters. The van der Waals surface area contributed by atoms with Crippen LogP contribution < -0.4 is 5.32 Å². The molecule has 93 heavy (non-hydrogen) atoms. The van der Waals surface area contributed by atoms with E-state index < -0.39 is 124 Å². The Morgan fingerprint density at radius 3 is 1.16 bits per heavy atom. The number of carbonyl (C=O) groups is 1. The van der Waals surface area contributed by atoms with Crippen LogP contribution in [-0.2, 0) is 33.2 Å². The molecule has 3 aliphatic heterocycles. The predicted molar refractivity (Wildman–Crippen MR) is 364 cm³/mol. The molecular formula is C74H121NO18. The third kappa shape index (κ3) is 35.7. The van der Waals surface area contributed by atoms with Crippen molar-refractivity contribution in [3.63, 3.8) is 0 Å². The second kappa shape index (κ2) is 54.0. The van der Waals surface area contributed by atoms with Gasteiger partial charge in [0.1, 0.15) is 73.2 Å². The van der Waals surface area contributed by atoms with E-state index in [0.29, 0.717) is 6.42 Å². The minimum absolute atomic E-state index is 0.229. The van der Waals surface area contributed by atoms with E-state index in [1.165, 1.54) is 32.1 Å². The summed E-state index contributed by atoms with van der Waals surface area (Å²) < 4.78 is 34.2. The summed E-state index contributed by atoms with van der Waals surface area (Å²) in [5.41, 5.74) is 0. The second-order valence-corrected chi connectivity index (χ2v) is 24.3. The summed E-state index contributed by atoms with van der Waals surface area (Å²) in [4.78, 5) is 13.3. The molecule has 19 heteroatoms. The van der Waals surface area contributed by atoms with Crippen molar-refractivity contribution < 1.29 is 89.4 Å². The van der Waals surface area contributed by atoms with Gasteiger partial charge in [0.25, 0.3) is 0 Å². The molecule has 3 fully saturated rings. The maximum Gasteiger partial charge on any atom is 0.220 e. The smallest absolute Gasteiger partial charge is 0.220 e. The van der Waals surface area contributed by atoms with Gasteiger partial charge in [0, 0.05) is 6.42 Å². The predicted octanol–water partition coefficient (Wildman–Crippen LogP) is 9.38. The lowest BCUT2D eigenvalue weighted by molar-refractivity contribution is -0.379. The quantitative estimate of drug-likeness (QED) is 0.0199. The van der Waals surface area contributed by atoms with Crippen molar-refractivity contribution >= 4 is 5.91 Å². The molecule has 3 rings (SSSR count). The first-order valence-corrected chi connectivity index (χ1v) is 34.9. The number of rotatable bonds is 51. The van der Waals surface area contributed by atoms with Crippen LogP contribution in [0, 0.1) is 0 Å². The van der Waals surface area contributed by atoms with Crippen LogP contribution in [0.25, 0.3) is 0 Å². The molecule has 1 amide bonds. The van der Waals surface area contributed by atoms with Crippen molar-refractivity contribution in [1.29, 1.82) is 0 Å². The molecule has 0 spiro atoms. The Morgan fingerprint density at radius 2 is 0.742 bits per heavy atom. The number of aliphatic hydroxyl groups is 11. The van der Waals surface area contributed by atoms with Gasteiger partial charge in [-0.05, 0) is 96.3 Å². The van der Waals surface area contributed by atoms with E-state index in [9.17, 15) is 61.0 Å². The normalized spacial score (nSPS) is 28.4. The van der Waals surface area contributed by atoms with Crippen LogP contribution in [0.5, 0.6) is 0 Å². The van der Waals surface area contributed by atoms with E-state index in [2.05, 4.69) is 141 Å². The van der Waals surface area contributed by atoms with Gasteiger partial charge in [0.15, 0.2) is 18.9 Å². The standard InChI is InChI=1S/C74H121NO18/c1-3-5-7-9-11-12-13-14-15-16-17-18-19-20-21-22-23-24-25-26-27-28-29-30-31-32-33-34-35-36-37-38-39-40-41-42-43-44-46-48-50-52-62(80)75-57(58(79)51-49-47-45-10-8-6-4-2)56-88-72-68(86)65(83)70(60(54-77)90-72)93-74-69(87)66(84)71(61(55-78)91-74)92-73-67(85)64(82)63(81)59(53-76)89-73/h5,7,11-12,14-15,17-18,20-21,23-24,26-27,29-30,32-33,35-36,49,51,57-61,63-74,76-79,81-87H,3-4,6,8-10,13,16,19,22,25,28,31,34,37-48,50,52-56H2,1-2H3,(H,75,80)/b7-5-,12-11-,15-14-,18-17-,21-20-,24-23-,27-26-,30-29-,33-32-,36-35-,51-49+. The Morgan fingerprint density at radius 1 is 0.398 bits per heavy atom. The fraction of sp³-hybridized carbons (Fsp3) is 0.689. The Balaban J connectivity index is 1.28. The Bertz CT molecular complexity index is 2210. The maximum atomic E-state index is 13.3. The third-order valence-corrected chi connectivity index (χ3v) is 16.5.